The molecule has 0 rings (SSSR count). The lowest BCUT2D eigenvalue weighted by atomic mass is 9.47. The highest BCUT2D eigenvalue weighted by atomic mass is 14.6. The minimum Gasteiger partial charge on any atom is -0.330 e. The molecule has 0 saturated carbocycles. The molecule has 0 saturated heterocycles. The smallest absolute Gasteiger partial charge is 0.0754 e. The van der Waals surface area contributed by atoms with Crippen LogP contribution < -0.4 is 5.73 Å². The summed E-state index contributed by atoms with van der Waals surface area (Å²) in [4.78, 5) is 0. The Bertz CT molecular complexity index is 175. The van der Waals surface area contributed by atoms with E-state index in [1.165, 1.54) is 6.42 Å². The van der Waals surface area contributed by atoms with Gasteiger partial charge in [0.2, 0.25) is 0 Å². The topological polar surface area (TPSA) is 26.0 Å². The molecule has 0 aliphatic rings. The summed E-state index contributed by atoms with van der Waals surface area (Å²) in [5, 5.41) is -0.197. The van der Waals surface area contributed by atoms with E-state index in [-0.39, 0.29) is 10.7 Å². The fourth-order valence-corrected chi connectivity index (χ4v) is 1.78. The lowest BCUT2D eigenvalue weighted by molar-refractivity contribution is 0.152. The molecule has 0 aliphatic heterocycles. The van der Waals surface area contributed by atoms with Crippen molar-refractivity contribution in [1.29, 1.82) is 0 Å². The van der Waals surface area contributed by atoms with E-state index >= 15 is 0 Å². The highest BCUT2D eigenvalue weighted by molar-refractivity contribution is 6.15. The van der Waals surface area contributed by atoms with Crippen molar-refractivity contribution < 1.29 is 0 Å². The van der Waals surface area contributed by atoms with Gasteiger partial charge < -0.3 is 5.73 Å². The van der Waals surface area contributed by atoms with E-state index in [2.05, 4.69) is 41.5 Å². The number of nitrogens with two attached hydrogens (primary N) is 1. The summed E-state index contributed by atoms with van der Waals surface area (Å²) in [5.41, 5.74) is 5.79. The number of hydrogen-bond donors (Lipinski definition) is 1. The van der Waals surface area contributed by atoms with Gasteiger partial charge in [0.15, 0.2) is 0 Å². The Kier molecular flexibility index (Phi) is 4.71. The summed E-state index contributed by atoms with van der Waals surface area (Å²) in [7, 11) is 6.45. The first-order valence-corrected chi connectivity index (χ1v) is 5.69. The van der Waals surface area contributed by atoms with Gasteiger partial charge in [-0.1, -0.05) is 53.3 Å². The minimum atomic E-state index is -0.197. The predicted molar refractivity (Wildman–Crippen MR) is 65.6 cm³/mol. The second-order valence-electron chi connectivity index (χ2n) is 5.54. The first kappa shape index (κ1) is 14.0. The maximum absolute atomic E-state index is 6.45. The third-order valence-electron chi connectivity index (χ3n) is 4.41. The fraction of sp³-hybridized carbons (Fsp3) is 1.00. The molecule has 3 unspecified atom stereocenters. The van der Waals surface area contributed by atoms with Gasteiger partial charge in [0.25, 0.3) is 0 Å². The van der Waals surface area contributed by atoms with Gasteiger partial charge in [-0.25, -0.2) is 0 Å². The summed E-state index contributed by atoms with van der Waals surface area (Å²) in [6.07, 6.45) is 1.18. The molecular formula is C12H26BN. The summed E-state index contributed by atoms with van der Waals surface area (Å²) in [6, 6.07) is 0. The van der Waals surface area contributed by atoms with Gasteiger partial charge >= 0.3 is 0 Å². The molecule has 0 aromatic heterocycles. The van der Waals surface area contributed by atoms with Crippen molar-refractivity contribution >= 4 is 7.85 Å². The van der Waals surface area contributed by atoms with Gasteiger partial charge in [-0.15, -0.1) is 0 Å². The van der Waals surface area contributed by atoms with Gasteiger partial charge in [0.05, 0.1) is 7.85 Å². The van der Waals surface area contributed by atoms with Gasteiger partial charge in [0.1, 0.15) is 0 Å². The maximum atomic E-state index is 6.45. The molecule has 0 bridgehead atoms. The Morgan fingerprint density at radius 3 is 1.93 bits per heavy atom. The van der Waals surface area contributed by atoms with E-state index < -0.39 is 0 Å². The van der Waals surface area contributed by atoms with E-state index in [1.807, 2.05) is 0 Å². The Labute approximate surface area is 91.2 Å². The van der Waals surface area contributed by atoms with E-state index in [0.717, 1.165) is 0 Å². The van der Waals surface area contributed by atoms with E-state index in [1.54, 1.807) is 0 Å². The first-order valence-electron chi connectivity index (χ1n) is 5.69. The molecule has 82 valence electrons. The molecule has 0 spiro atoms. The Morgan fingerprint density at radius 2 is 1.64 bits per heavy atom. The lowest BCUT2D eigenvalue weighted by Gasteiger charge is -2.48. The molecule has 1 nitrogen and oxygen atoms in total. The van der Waals surface area contributed by atoms with Crippen LogP contribution >= 0.6 is 0 Å². The second-order valence-corrected chi connectivity index (χ2v) is 5.54. The zero-order valence-electron chi connectivity index (χ0n) is 10.7. The first-order chi connectivity index (χ1) is 6.20. The van der Waals surface area contributed by atoms with Crippen molar-refractivity contribution in [2.24, 2.45) is 23.0 Å². The standard InChI is InChI=1S/C12H26BN/c1-7-9(2)10(3)12(6,13)11(4,5)8-14/h9-10H,7-8,14H2,1-6H3. The van der Waals surface area contributed by atoms with Crippen molar-refractivity contribution in [2.75, 3.05) is 6.54 Å². The van der Waals surface area contributed by atoms with Crippen LogP contribution in [0, 0.1) is 17.3 Å². The third kappa shape index (κ3) is 2.53. The molecule has 2 radical (unpaired) electrons. The molecule has 0 amide bonds. The van der Waals surface area contributed by atoms with E-state index in [9.17, 15) is 0 Å². The summed E-state index contributed by atoms with van der Waals surface area (Å²) < 4.78 is 0. The predicted octanol–water partition coefficient (Wildman–Crippen LogP) is 3.00. The van der Waals surface area contributed by atoms with Crippen molar-refractivity contribution in [3.8, 4) is 0 Å². The summed E-state index contributed by atoms with van der Waals surface area (Å²) in [6.45, 7) is 13.8. The molecule has 0 heterocycles. The highest BCUT2D eigenvalue weighted by Gasteiger charge is 2.40. The van der Waals surface area contributed by atoms with Gasteiger partial charge in [-0.05, 0) is 23.8 Å². The van der Waals surface area contributed by atoms with Crippen LogP contribution in [0.25, 0.3) is 0 Å². The molecule has 3 atom stereocenters. The average molecular weight is 195 g/mol. The van der Waals surface area contributed by atoms with Crippen LogP contribution in [0.1, 0.15) is 48.0 Å². The normalized spacial score (nSPS) is 21.4. The molecule has 0 aromatic rings. The summed E-state index contributed by atoms with van der Waals surface area (Å²) in [5.74, 6) is 1.14. The molecule has 0 aromatic carbocycles. The molecule has 0 fully saturated rings. The quantitative estimate of drug-likeness (QED) is 0.670. The monoisotopic (exact) mass is 195 g/mol. The van der Waals surface area contributed by atoms with Crippen LogP contribution in [-0.2, 0) is 0 Å². The average Bonchev–Trinajstić information content (AvgIpc) is 2.14. The molecule has 2 N–H and O–H groups in total. The highest BCUT2D eigenvalue weighted by Crippen LogP contribution is 2.50. The van der Waals surface area contributed by atoms with E-state index in [0.29, 0.717) is 18.4 Å². The zero-order chi connectivity index (χ0) is 11.6. The van der Waals surface area contributed by atoms with E-state index in [4.69, 9.17) is 13.6 Å². The van der Waals surface area contributed by atoms with Crippen LogP contribution in [0.4, 0.5) is 0 Å². The van der Waals surface area contributed by atoms with Crippen molar-refractivity contribution in [3.63, 3.8) is 0 Å². The molecule has 0 aliphatic carbocycles. The Balaban J connectivity index is 4.76. The SMILES string of the molecule is [B]C(C)(C(C)C(C)CC)C(C)(C)CN. The van der Waals surface area contributed by atoms with Crippen LogP contribution in [0.15, 0.2) is 0 Å². The molecule has 2 heteroatoms. The lowest BCUT2D eigenvalue weighted by Crippen LogP contribution is -2.42. The fourth-order valence-electron chi connectivity index (χ4n) is 1.78. The third-order valence-corrected chi connectivity index (χ3v) is 4.41. The molecular weight excluding hydrogens is 169 g/mol. The van der Waals surface area contributed by atoms with Crippen LogP contribution in [0.2, 0.25) is 5.31 Å². The Hall–Kier alpha value is 0.0249. The van der Waals surface area contributed by atoms with Gasteiger partial charge in [-0.3, -0.25) is 0 Å². The largest absolute Gasteiger partial charge is 0.330 e. The molecule has 14 heavy (non-hydrogen) atoms. The van der Waals surface area contributed by atoms with Crippen LogP contribution in [0.3, 0.4) is 0 Å². The Morgan fingerprint density at radius 1 is 1.21 bits per heavy atom. The maximum Gasteiger partial charge on any atom is 0.0754 e. The van der Waals surface area contributed by atoms with Gasteiger partial charge in [-0.2, -0.15) is 0 Å². The van der Waals surface area contributed by atoms with Crippen LogP contribution in [-0.4, -0.2) is 14.4 Å². The minimum absolute atomic E-state index is 0.00412. The van der Waals surface area contributed by atoms with Crippen molar-refractivity contribution in [2.45, 2.75) is 53.3 Å². The van der Waals surface area contributed by atoms with Crippen molar-refractivity contribution in [1.82, 2.24) is 0 Å². The number of hydrogen-bond acceptors (Lipinski definition) is 1. The summed E-state index contributed by atoms with van der Waals surface area (Å²) >= 11 is 0. The zero-order valence-corrected chi connectivity index (χ0v) is 10.7. The number of rotatable bonds is 5. The second kappa shape index (κ2) is 4.70. The van der Waals surface area contributed by atoms with Crippen molar-refractivity contribution in [3.05, 3.63) is 0 Å². The van der Waals surface area contributed by atoms with Gasteiger partial charge in [0, 0.05) is 0 Å². The van der Waals surface area contributed by atoms with Crippen LogP contribution in [0.5, 0.6) is 0 Å².